The van der Waals surface area contributed by atoms with Crippen molar-refractivity contribution in [2.75, 3.05) is 43.4 Å². The number of nitrogens with zero attached hydrogens (tertiary/aromatic N) is 2. The van der Waals surface area contributed by atoms with Gasteiger partial charge in [-0.2, -0.15) is 0 Å². The number of nitrogens with one attached hydrogen (secondary N) is 1. The lowest BCUT2D eigenvalue weighted by Gasteiger charge is -2.26. The summed E-state index contributed by atoms with van der Waals surface area (Å²) in [5.74, 6) is -0.137. The SMILES string of the molecule is CCN(CC)CCN(C(=O)NCCS(=O)(=O)c1ccccc1)c1ccccc1. The van der Waals surface area contributed by atoms with Gasteiger partial charge in [-0.15, -0.1) is 0 Å². The second kappa shape index (κ2) is 10.8. The summed E-state index contributed by atoms with van der Waals surface area (Å²) in [6.07, 6.45) is 0. The maximum Gasteiger partial charge on any atom is 0.321 e. The van der Waals surface area contributed by atoms with Crippen molar-refractivity contribution in [3.63, 3.8) is 0 Å². The molecule has 0 aliphatic heterocycles. The van der Waals surface area contributed by atoms with Crippen molar-refractivity contribution in [2.45, 2.75) is 18.7 Å². The van der Waals surface area contributed by atoms with Crippen LogP contribution in [-0.4, -0.2) is 57.8 Å². The van der Waals surface area contributed by atoms with Crippen LogP contribution in [0.25, 0.3) is 0 Å². The summed E-state index contributed by atoms with van der Waals surface area (Å²) in [6.45, 7) is 7.34. The van der Waals surface area contributed by atoms with E-state index in [9.17, 15) is 13.2 Å². The summed E-state index contributed by atoms with van der Waals surface area (Å²) in [4.78, 5) is 16.9. The third kappa shape index (κ3) is 6.35. The summed E-state index contributed by atoms with van der Waals surface area (Å²) in [7, 11) is -3.42. The van der Waals surface area contributed by atoms with Crippen LogP contribution in [0, 0.1) is 0 Å². The Balaban J connectivity index is 2.00. The van der Waals surface area contributed by atoms with E-state index < -0.39 is 9.84 Å². The molecule has 0 unspecified atom stereocenters. The highest BCUT2D eigenvalue weighted by molar-refractivity contribution is 7.91. The van der Waals surface area contributed by atoms with Gasteiger partial charge in [-0.1, -0.05) is 50.2 Å². The van der Waals surface area contributed by atoms with Crippen LogP contribution in [0.2, 0.25) is 0 Å². The van der Waals surface area contributed by atoms with Gasteiger partial charge in [0.1, 0.15) is 0 Å². The molecule has 0 saturated carbocycles. The molecule has 0 aromatic heterocycles. The number of carbonyl (C=O) groups excluding carboxylic acids is 1. The largest absolute Gasteiger partial charge is 0.337 e. The molecule has 0 bridgehead atoms. The fourth-order valence-corrected chi connectivity index (χ4v) is 4.05. The van der Waals surface area contributed by atoms with Crippen LogP contribution in [-0.2, 0) is 9.84 Å². The summed E-state index contributed by atoms with van der Waals surface area (Å²) in [5.41, 5.74) is 0.790. The Morgan fingerprint density at radius 2 is 1.46 bits per heavy atom. The van der Waals surface area contributed by atoms with Crippen LogP contribution in [0.4, 0.5) is 10.5 Å². The molecule has 0 radical (unpaired) electrons. The Bertz CT molecular complexity index is 822. The Morgan fingerprint density at radius 3 is 2.04 bits per heavy atom. The molecule has 2 aromatic carbocycles. The number of urea groups is 1. The van der Waals surface area contributed by atoms with E-state index in [1.807, 2.05) is 30.3 Å². The lowest BCUT2D eigenvalue weighted by Crippen LogP contribution is -2.45. The van der Waals surface area contributed by atoms with Crippen molar-refractivity contribution in [1.82, 2.24) is 10.2 Å². The smallest absolute Gasteiger partial charge is 0.321 e. The molecule has 28 heavy (non-hydrogen) atoms. The van der Waals surface area contributed by atoms with Gasteiger partial charge in [-0.05, 0) is 37.4 Å². The van der Waals surface area contributed by atoms with Crippen molar-refractivity contribution >= 4 is 21.6 Å². The number of hydrogen-bond acceptors (Lipinski definition) is 4. The number of benzene rings is 2. The first-order valence-corrected chi connectivity index (χ1v) is 11.2. The molecule has 0 spiro atoms. The lowest BCUT2D eigenvalue weighted by atomic mass is 10.3. The Hall–Kier alpha value is -2.38. The van der Waals surface area contributed by atoms with Gasteiger partial charge in [-0.3, -0.25) is 4.90 Å². The van der Waals surface area contributed by atoms with E-state index in [-0.39, 0.29) is 23.2 Å². The van der Waals surface area contributed by atoms with E-state index >= 15 is 0 Å². The number of rotatable bonds is 10. The zero-order valence-corrected chi connectivity index (χ0v) is 17.4. The third-order valence-electron chi connectivity index (χ3n) is 4.60. The van der Waals surface area contributed by atoms with E-state index in [2.05, 4.69) is 24.1 Å². The minimum atomic E-state index is -3.42. The van der Waals surface area contributed by atoms with Crippen LogP contribution < -0.4 is 10.2 Å². The average Bonchev–Trinajstić information content (AvgIpc) is 2.72. The van der Waals surface area contributed by atoms with Crippen LogP contribution in [0.5, 0.6) is 0 Å². The van der Waals surface area contributed by atoms with E-state index in [0.717, 1.165) is 25.3 Å². The molecular formula is C21H29N3O3S. The van der Waals surface area contributed by atoms with Crippen LogP contribution in [0.15, 0.2) is 65.6 Å². The van der Waals surface area contributed by atoms with Crippen molar-refractivity contribution < 1.29 is 13.2 Å². The molecule has 0 heterocycles. The maximum atomic E-state index is 12.8. The minimum absolute atomic E-state index is 0.0602. The highest BCUT2D eigenvalue weighted by atomic mass is 32.2. The Labute approximate surface area is 168 Å². The van der Waals surface area contributed by atoms with Crippen molar-refractivity contribution in [2.24, 2.45) is 0 Å². The van der Waals surface area contributed by atoms with E-state index in [1.165, 1.54) is 0 Å². The topological polar surface area (TPSA) is 69.7 Å². The van der Waals surface area contributed by atoms with Gasteiger partial charge in [0, 0.05) is 25.3 Å². The zero-order valence-electron chi connectivity index (χ0n) is 16.5. The first-order chi connectivity index (χ1) is 13.5. The second-order valence-electron chi connectivity index (χ2n) is 6.38. The third-order valence-corrected chi connectivity index (χ3v) is 6.33. The number of amides is 2. The number of anilines is 1. The molecule has 0 fully saturated rings. The number of hydrogen-bond donors (Lipinski definition) is 1. The monoisotopic (exact) mass is 403 g/mol. The molecule has 2 amide bonds. The molecule has 0 saturated heterocycles. The normalized spacial score (nSPS) is 11.4. The predicted octanol–water partition coefficient (Wildman–Crippen LogP) is 3.02. The number of sulfone groups is 1. The fraction of sp³-hybridized carbons (Fsp3) is 0.381. The number of likely N-dealkylation sites (N-methyl/N-ethyl adjacent to an activating group) is 1. The maximum absolute atomic E-state index is 12.8. The predicted molar refractivity (Wildman–Crippen MR) is 113 cm³/mol. The highest BCUT2D eigenvalue weighted by Crippen LogP contribution is 2.14. The molecular weight excluding hydrogens is 374 g/mol. The summed E-state index contributed by atoms with van der Waals surface area (Å²) in [5, 5.41) is 2.76. The molecule has 7 heteroatoms. The van der Waals surface area contributed by atoms with Gasteiger partial charge < -0.3 is 10.2 Å². The van der Waals surface area contributed by atoms with Crippen LogP contribution in [0.3, 0.4) is 0 Å². The number of para-hydroxylation sites is 1. The van der Waals surface area contributed by atoms with Gasteiger partial charge in [0.15, 0.2) is 9.84 Å². The van der Waals surface area contributed by atoms with Crippen molar-refractivity contribution in [3.05, 3.63) is 60.7 Å². The van der Waals surface area contributed by atoms with E-state index in [4.69, 9.17) is 0 Å². The standard InChI is InChI=1S/C21H29N3O3S/c1-3-23(4-2)16-17-24(19-11-7-5-8-12-19)21(25)22-15-18-28(26,27)20-13-9-6-10-14-20/h5-14H,3-4,15-18H2,1-2H3,(H,22,25). The summed E-state index contributed by atoms with van der Waals surface area (Å²) < 4.78 is 24.7. The zero-order chi connectivity index (χ0) is 20.4. The van der Waals surface area contributed by atoms with Gasteiger partial charge >= 0.3 is 6.03 Å². The second-order valence-corrected chi connectivity index (χ2v) is 8.49. The highest BCUT2D eigenvalue weighted by Gasteiger charge is 2.18. The van der Waals surface area contributed by atoms with Gasteiger partial charge in [-0.25, -0.2) is 13.2 Å². The van der Waals surface area contributed by atoms with Crippen molar-refractivity contribution in [1.29, 1.82) is 0 Å². The Kier molecular flexibility index (Phi) is 8.47. The van der Waals surface area contributed by atoms with Crippen LogP contribution in [0.1, 0.15) is 13.8 Å². The van der Waals surface area contributed by atoms with Crippen molar-refractivity contribution in [3.8, 4) is 0 Å². The van der Waals surface area contributed by atoms with Gasteiger partial charge in [0.25, 0.3) is 0 Å². The Morgan fingerprint density at radius 1 is 0.893 bits per heavy atom. The average molecular weight is 404 g/mol. The number of carbonyl (C=O) groups is 1. The molecule has 0 atom stereocenters. The summed E-state index contributed by atoms with van der Waals surface area (Å²) >= 11 is 0. The molecule has 0 aliphatic rings. The van der Waals surface area contributed by atoms with Crippen LogP contribution >= 0.6 is 0 Å². The van der Waals surface area contributed by atoms with Gasteiger partial charge in [0.05, 0.1) is 10.6 Å². The first-order valence-electron chi connectivity index (χ1n) is 9.58. The minimum Gasteiger partial charge on any atom is -0.337 e. The molecule has 152 valence electrons. The quantitative estimate of drug-likeness (QED) is 0.662. The lowest BCUT2D eigenvalue weighted by molar-refractivity contribution is 0.244. The molecule has 1 N–H and O–H groups in total. The fourth-order valence-electron chi connectivity index (χ4n) is 2.87. The molecule has 2 rings (SSSR count). The molecule has 2 aromatic rings. The first kappa shape index (κ1) is 21.9. The molecule has 0 aliphatic carbocycles. The van der Waals surface area contributed by atoms with E-state index in [1.54, 1.807) is 35.2 Å². The summed E-state index contributed by atoms with van der Waals surface area (Å²) in [6, 6.07) is 17.4. The molecule has 6 nitrogen and oxygen atoms in total. The van der Waals surface area contributed by atoms with E-state index in [0.29, 0.717) is 6.54 Å². The van der Waals surface area contributed by atoms with Gasteiger partial charge in [0.2, 0.25) is 0 Å².